The van der Waals surface area contributed by atoms with Gasteiger partial charge in [-0.1, -0.05) is 237 Å². The molecule has 1 aromatic heterocycles. The highest BCUT2D eigenvalue weighted by molar-refractivity contribution is 6.13. The Morgan fingerprint density at radius 2 is 0.851 bits per heavy atom. The van der Waals surface area contributed by atoms with Gasteiger partial charge >= 0.3 is 0 Å². The minimum Gasteiger partial charge on any atom is -0.309 e. The first-order valence-corrected chi connectivity index (χ1v) is 25.8. The predicted molar refractivity (Wildman–Crippen MR) is 307 cm³/mol. The molecule has 2 nitrogen and oxygen atoms in total. The van der Waals surface area contributed by atoms with E-state index in [1.165, 1.54) is 116 Å². The number of nitrogens with zero attached hydrogens (tertiary/aromatic N) is 2. The molecule has 0 saturated carbocycles. The molecule has 74 heavy (non-hydrogen) atoms. The minimum absolute atomic E-state index is 0.522. The lowest BCUT2D eigenvalue weighted by molar-refractivity contribution is 0.749. The first kappa shape index (κ1) is 41.2. The van der Waals surface area contributed by atoms with E-state index in [-0.39, 0.29) is 0 Å². The van der Waals surface area contributed by atoms with E-state index in [4.69, 9.17) is 0 Å². The van der Waals surface area contributed by atoms with Crippen LogP contribution in [0.25, 0.3) is 71.6 Å². The Bertz CT molecular complexity index is 4390. The van der Waals surface area contributed by atoms with Crippen LogP contribution in [-0.4, -0.2) is 4.57 Å². The van der Waals surface area contributed by atoms with E-state index in [0.717, 1.165) is 17.1 Å². The molecular weight excluding hydrogens is 893 g/mol. The lowest BCUT2D eigenvalue weighted by atomic mass is 9.65. The molecule has 0 saturated heterocycles. The first-order chi connectivity index (χ1) is 36.7. The molecule has 0 amide bonds. The summed E-state index contributed by atoms with van der Waals surface area (Å²) in [5.74, 6) is 0. The van der Waals surface area contributed by atoms with Gasteiger partial charge in [-0.2, -0.15) is 0 Å². The second-order valence-electron chi connectivity index (χ2n) is 20.2. The molecule has 2 heteroatoms. The number of aromatic nitrogens is 1. The summed E-state index contributed by atoms with van der Waals surface area (Å²) in [5, 5.41) is 4.98. The van der Waals surface area contributed by atoms with Gasteiger partial charge in [0, 0.05) is 27.4 Å². The van der Waals surface area contributed by atoms with Gasteiger partial charge in [-0.25, -0.2) is 0 Å². The van der Waals surface area contributed by atoms with E-state index in [0.29, 0.717) is 0 Å². The van der Waals surface area contributed by atoms with E-state index in [1.54, 1.807) is 0 Å². The van der Waals surface area contributed by atoms with Gasteiger partial charge in [0.25, 0.3) is 0 Å². The summed E-state index contributed by atoms with van der Waals surface area (Å²) >= 11 is 0. The number of fused-ring (bicyclic) bond motifs is 16. The zero-order chi connectivity index (χ0) is 48.5. The van der Waals surface area contributed by atoms with Gasteiger partial charge in [-0.15, -0.1) is 0 Å². The van der Waals surface area contributed by atoms with E-state index in [1.807, 2.05) is 0 Å². The van der Waals surface area contributed by atoms with Crippen molar-refractivity contribution < 1.29 is 0 Å². The molecule has 0 fully saturated rings. The summed E-state index contributed by atoms with van der Waals surface area (Å²) in [7, 11) is 0. The number of hydrogen-bond donors (Lipinski definition) is 0. The Morgan fingerprint density at radius 3 is 1.65 bits per heavy atom. The third-order valence-electron chi connectivity index (χ3n) is 16.9. The molecule has 1 spiro atoms. The fraction of sp³-hybridized carbons (Fsp3) is 0.0278. The molecule has 1 aliphatic heterocycles. The average molecular weight is 939 g/mol. The van der Waals surface area contributed by atoms with Crippen molar-refractivity contribution in [1.29, 1.82) is 0 Å². The normalized spacial score (nSPS) is 15.2. The Kier molecular flexibility index (Phi) is 8.62. The van der Waals surface area contributed by atoms with Gasteiger partial charge in [-0.3, -0.25) is 0 Å². The van der Waals surface area contributed by atoms with Gasteiger partial charge in [0.15, 0.2) is 0 Å². The molecule has 344 valence electrons. The molecule has 1 atom stereocenters. The summed E-state index contributed by atoms with van der Waals surface area (Å²) in [4.78, 5) is 2.51. The Hall–Kier alpha value is -9.50. The highest BCUT2D eigenvalue weighted by atomic mass is 15.1. The van der Waals surface area contributed by atoms with Crippen LogP contribution >= 0.6 is 0 Å². The maximum atomic E-state index is 2.52. The van der Waals surface area contributed by atoms with Gasteiger partial charge < -0.3 is 9.47 Å². The third-order valence-corrected chi connectivity index (χ3v) is 16.9. The standard InChI is InChI=1S/C72H46N2/c1-3-22-50(23-4-1)71(51-24-5-2-6-25-51)60-32-13-10-29-58(60)69-62(71)34-19-39-68(69)73(65-38-17-21-48-20-7-8-26-53(48)65)52-43-40-47(41-44-52)49-42-45-55-54-27-9-12-31-59(54)72(64(55)46-49)61-33-14-16-37-67(61)74-66-36-15-11-28-56(66)57-30-18-35-63(72)70(57)74/h1-46H. The van der Waals surface area contributed by atoms with Crippen LogP contribution in [0.3, 0.4) is 0 Å². The molecule has 1 unspecified atom stereocenters. The predicted octanol–water partition coefficient (Wildman–Crippen LogP) is 18.1. The Balaban J connectivity index is 0.904. The van der Waals surface area contributed by atoms with Gasteiger partial charge in [0.2, 0.25) is 0 Å². The molecule has 2 aliphatic carbocycles. The van der Waals surface area contributed by atoms with Crippen molar-refractivity contribution >= 4 is 49.6 Å². The highest BCUT2D eigenvalue weighted by Gasteiger charge is 2.51. The van der Waals surface area contributed by atoms with E-state index in [2.05, 4.69) is 289 Å². The van der Waals surface area contributed by atoms with Crippen LogP contribution in [-0.2, 0) is 10.8 Å². The Morgan fingerprint density at radius 1 is 0.311 bits per heavy atom. The molecular formula is C72H46N2. The SMILES string of the molecule is c1ccc(C2(c3ccccc3)c3ccccc3-c3c(N(c4ccc(-c5ccc6c(c5)C5(c7ccccc7-6)c6ccccc6-n6c7ccccc7c7cccc5c76)cc4)c4cccc5ccccc45)cccc32)cc1. The summed E-state index contributed by atoms with van der Waals surface area (Å²) in [6.07, 6.45) is 0. The third kappa shape index (κ3) is 5.33. The van der Waals surface area contributed by atoms with Crippen molar-refractivity contribution in [1.82, 2.24) is 4.57 Å². The summed E-state index contributed by atoms with van der Waals surface area (Å²) in [6.45, 7) is 0. The second-order valence-corrected chi connectivity index (χ2v) is 20.2. The van der Waals surface area contributed by atoms with Crippen molar-refractivity contribution in [3.8, 4) is 39.1 Å². The number of anilines is 3. The summed E-state index contributed by atoms with van der Waals surface area (Å²) in [6, 6.07) is 105. The molecule has 0 radical (unpaired) electrons. The van der Waals surface area contributed by atoms with Crippen LogP contribution in [0.4, 0.5) is 17.1 Å². The zero-order valence-corrected chi connectivity index (χ0v) is 40.5. The minimum atomic E-state index is -0.524. The van der Waals surface area contributed by atoms with Crippen molar-refractivity contribution in [3.63, 3.8) is 0 Å². The molecule has 12 aromatic carbocycles. The topological polar surface area (TPSA) is 8.17 Å². The average Bonchev–Trinajstić information content (AvgIpc) is 4.12. The molecule has 13 aromatic rings. The molecule has 16 rings (SSSR count). The highest BCUT2D eigenvalue weighted by Crippen LogP contribution is 2.63. The first-order valence-electron chi connectivity index (χ1n) is 25.8. The zero-order valence-electron chi connectivity index (χ0n) is 40.5. The number of benzene rings is 12. The van der Waals surface area contributed by atoms with Crippen molar-refractivity contribution in [2.75, 3.05) is 4.90 Å². The van der Waals surface area contributed by atoms with Gasteiger partial charge in [0.05, 0.1) is 38.9 Å². The van der Waals surface area contributed by atoms with Crippen LogP contribution in [0, 0.1) is 0 Å². The van der Waals surface area contributed by atoms with E-state index in [9.17, 15) is 0 Å². The largest absolute Gasteiger partial charge is 0.309 e. The molecule has 2 heterocycles. The van der Waals surface area contributed by atoms with E-state index >= 15 is 0 Å². The fourth-order valence-corrected chi connectivity index (χ4v) is 14.0. The number of hydrogen-bond acceptors (Lipinski definition) is 1. The lowest BCUT2D eigenvalue weighted by Crippen LogP contribution is -2.33. The number of rotatable bonds is 6. The smallest absolute Gasteiger partial charge is 0.0754 e. The van der Waals surface area contributed by atoms with Crippen LogP contribution < -0.4 is 4.90 Å². The molecule has 0 bridgehead atoms. The Labute approximate surface area is 430 Å². The van der Waals surface area contributed by atoms with Crippen LogP contribution in [0.2, 0.25) is 0 Å². The van der Waals surface area contributed by atoms with Crippen LogP contribution in [0.1, 0.15) is 44.5 Å². The summed E-state index contributed by atoms with van der Waals surface area (Å²) in [5.41, 5.74) is 24.0. The van der Waals surface area contributed by atoms with Crippen molar-refractivity contribution in [3.05, 3.63) is 324 Å². The second kappa shape index (κ2) is 15.5. The molecule has 0 N–H and O–H groups in total. The van der Waals surface area contributed by atoms with Gasteiger partial charge in [-0.05, 0) is 120 Å². The quantitative estimate of drug-likeness (QED) is 0.161. The maximum absolute atomic E-state index is 2.52. The fourth-order valence-electron chi connectivity index (χ4n) is 14.0. The van der Waals surface area contributed by atoms with Crippen molar-refractivity contribution in [2.45, 2.75) is 10.8 Å². The van der Waals surface area contributed by atoms with E-state index < -0.39 is 10.8 Å². The van der Waals surface area contributed by atoms with Crippen LogP contribution in [0.5, 0.6) is 0 Å². The summed E-state index contributed by atoms with van der Waals surface area (Å²) < 4.78 is 2.52. The monoisotopic (exact) mass is 938 g/mol. The van der Waals surface area contributed by atoms with Crippen LogP contribution in [0.15, 0.2) is 279 Å². The van der Waals surface area contributed by atoms with Crippen molar-refractivity contribution in [2.24, 2.45) is 0 Å². The van der Waals surface area contributed by atoms with Gasteiger partial charge in [0.1, 0.15) is 0 Å². The molecule has 3 aliphatic rings. The number of para-hydroxylation sites is 3. The lowest BCUT2D eigenvalue weighted by Gasteiger charge is -2.39. The maximum Gasteiger partial charge on any atom is 0.0754 e.